The second kappa shape index (κ2) is 7.50. The summed E-state index contributed by atoms with van der Waals surface area (Å²) in [6.45, 7) is 0.281. The van der Waals surface area contributed by atoms with Crippen molar-refractivity contribution in [3.8, 4) is 0 Å². The van der Waals surface area contributed by atoms with Crippen LogP contribution in [0.3, 0.4) is 0 Å². The maximum atomic E-state index is 8.36. The zero-order chi connectivity index (χ0) is 6.95. The van der Waals surface area contributed by atoms with E-state index in [9.17, 15) is 0 Å². The number of hydrogen-bond donors (Lipinski definition) is 2. The molecule has 0 saturated heterocycles. The van der Waals surface area contributed by atoms with Crippen LogP contribution in [0.25, 0.3) is 0 Å². The van der Waals surface area contributed by atoms with Gasteiger partial charge in [-0.25, -0.2) is 0 Å². The molecule has 0 aromatic rings. The van der Waals surface area contributed by atoms with E-state index < -0.39 is 0 Å². The van der Waals surface area contributed by atoms with Crippen LogP contribution in [0.5, 0.6) is 0 Å². The molecule has 9 heavy (non-hydrogen) atoms. The lowest BCUT2D eigenvalue weighted by molar-refractivity contribution is 0.283. The van der Waals surface area contributed by atoms with Crippen molar-refractivity contribution in [2.45, 2.75) is 25.7 Å². The van der Waals surface area contributed by atoms with Crippen molar-refractivity contribution in [1.82, 2.24) is 0 Å². The van der Waals surface area contributed by atoms with Gasteiger partial charge >= 0.3 is 0 Å². The van der Waals surface area contributed by atoms with E-state index in [4.69, 9.17) is 10.2 Å². The molecule has 54 valence electrons. The van der Waals surface area contributed by atoms with Gasteiger partial charge in [-0.2, -0.15) is 0 Å². The second-order valence-corrected chi connectivity index (χ2v) is 1.96. The Kier molecular flexibility index (Phi) is 7.08. The third-order valence-corrected chi connectivity index (χ3v) is 1.13. The van der Waals surface area contributed by atoms with Gasteiger partial charge in [0.2, 0.25) is 0 Å². The van der Waals surface area contributed by atoms with Crippen molar-refractivity contribution in [2.24, 2.45) is 0 Å². The van der Waals surface area contributed by atoms with Crippen molar-refractivity contribution in [3.05, 3.63) is 12.3 Å². The molecular formula is C7H14O2. The molecule has 0 spiro atoms. The first-order chi connectivity index (χ1) is 4.41. The van der Waals surface area contributed by atoms with E-state index in [1.165, 1.54) is 0 Å². The minimum absolute atomic E-state index is 0.281. The van der Waals surface area contributed by atoms with E-state index in [0.717, 1.165) is 31.9 Å². The predicted molar refractivity (Wildman–Crippen MR) is 37.3 cm³/mol. The van der Waals surface area contributed by atoms with Gasteiger partial charge in [0.05, 0.1) is 6.26 Å². The van der Waals surface area contributed by atoms with Gasteiger partial charge in [0, 0.05) is 6.61 Å². The molecule has 0 aromatic carbocycles. The van der Waals surface area contributed by atoms with E-state index in [2.05, 4.69) is 0 Å². The summed E-state index contributed by atoms with van der Waals surface area (Å²) in [6.07, 6.45) is 6.67. The van der Waals surface area contributed by atoms with Crippen LogP contribution < -0.4 is 0 Å². The molecule has 0 aliphatic heterocycles. The smallest absolute Gasteiger partial charge is 0.0751 e. The van der Waals surface area contributed by atoms with E-state index in [0.29, 0.717) is 0 Å². The number of aliphatic hydroxyl groups is 2. The van der Waals surface area contributed by atoms with Crippen LogP contribution in [0.2, 0.25) is 0 Å². The topological polar surface area (TPSA) is 40.5 Å². The second-order valence-electron chi connectivity index (χ2n) is 1.96. The summed E-state index contributed by atoms with van der Waals surface area (Å²) in [5.74, 6) is 0. The molecule has 2 N–H and O–H groups in total. The van der Waals surface area contributed by atoms with Crippen LogP contribution in [0.1, 0.15) is 25.7 Å². The largest absolute Gasteiger partial charge is 0.516 e. The van der Waals surface area contributed by atoms with E-state index in [1.54, 1.807) is 6.08 Å². The molecule has 2 heteroatoms. The highest BCUT2D eigenvalue weighted by molar-refractivity contribution is 4.70. The van der Waals surface area contributed by atoms with E-state index in [-0.39, 0.29) is 6.61 Å². The number of unbranched alkanes of at least 4 members (excludes halogenated alkanes) is 3. The molecule has 0 radical (unpaired) electrons. The average Bonchev–Trinajstić information content (AvgIpc) is 1.89. The maximum Gasteiger partial charge on any atom is 0.0751 e. The zero-order valence-corrected chi connectivity index (χ0v) is 5.58. The molecule has 0 unspecified atom stereocenters. The molecule has 0 bridgehead atoms. The Labute approximate surface area is 55.8 Å². The van der Waals surface area contributed by atoms with Crippen molar-refractivity contribution >= 4 is 0 Å². The average molecular weight is 130 g/mol. The van der Waals surface area contributed by atoms with Gasteiger partial charge in [-0.15, -0.1) is 0 Å². The fraction of sp³-hybridized carbons (Fsp3) is 0.714. The third-order valence-electron chi connectivity index (χ3n) is 1.13. The van der Waals surface area contributed by atoms with Crippen LogP contribution in [0.4, 0.5) is 0 Å². The Morgan fingerprint density at radius 1 is 1.11 bits per heavy atom. The fourth-order valence-corrected chi connectivity index (χ4v) is 0.625. The molecule has 0 rings (SSSR count). The minimum Gasteiger partial charge on any atom is -0.516 e. The highest BCUT2D eigenvalue weighted by atomic mass is 16.3. The lowest BCUT2D eigenvalue weighted by atomic mass is 10.2. The zero-order valence-electron chi connectivity index (χ0n) is 5.58. The molecule has 0 fully saturated rings. The van der Waals surface area contributed by atoms with Crippen molar-refractivity contribution < 1.29 is 10.2 Å². The first-order valence-corrected chi connectivity index (χ1v) is 3.32. The molecule has 0 heterocycles. The minimum atomic E-state index is 0.281. The summed E-state index contributed by atoms with van der Waals surface area (Å²) in [4.78, 5) is 0. The van der Waals surface area contributed by atoms with Crippen LogP contribution in [-0.2, 0) is 0 Å². The molecule has 0 aromatic heterocycles. The maximum absolute atomic E-state index is 8.36. The molecule has 0 aliphatic rings. The Hall–Kier alpha value is -0.500. The highest BCUT2D eigenvalue weighted by Gasteiger charge is 1.83. The summed E-state index contributed by atoms with van der Waals surface area (Å²) >= 11 is 0. The number of rotatable bonds is 5. The van der Waals surface area contributed by atoms with Crippen LogP contribution in [0.15, 0.2) is 12.3 Å². The standard InChI is InChI=1S/C7H14O2/c8-6-4-2-1-3-5-7-9/h4,6,8-9H,1-3,5,7H2. The van der Waals surface area contributed by atoms with Crippen LogP contribution >= 0.6 is 0 Å². The molecule has 0 atom stereocenters. The van der Waals surface area contributed by atoms with Crippen LogP contribution in [-0.4, -0.2) is 16.8 Å². The highest BCUT2D eigenvalue weighted by Crippen LogP contribution is 1.98. The lowest BCUT2D eigenvalue weighted by Gasteiger charge is -1.91. The monoisotopic (exact) mass is 130 g/mol. The lowest BCUT2D eigenvalue weighted by Crippen LogP contribution is -1.81. The van der Waals surface area contributed by atoms with Gasteiger partial charge in [-0.05, 0) is 19.3 Å². The Morgan fingerprint density at radius 3 is 2.44 bits per heavy atom. The Bertz CT molecular complexity index is 69.3. The Morgan fingerprint density at radius 2 is 1.89 bits per heavy atom. The van der Waals surface area contributed by atoms with E-state index >= 15 is 0 Å². The van der Waals surface area contributed by atoms with E-state index in [1.807, 2.05) is 0 Å². The quantitative estimate of drug-likeness (QED) is 0.438. The predicted octanol–water partition coefficient (Wildman–Crippen LogP) is 1.61. The SMILES string of the molecule is OC=CCCCCCO. The van der Waals surface area contributed by atoms with Crippen molar-refractivity contribution in [2.75, 3.05) is 6.61 Å². The molecule has 2 nitrogen and oxygen atoms in total. The van der Waals surface area contributed by atoms with Gasteiger partial charge in [0.1, 0.15) is 0 Å². The summed E-state index contributed by atoms with van der Waals surface area (Å²) in [5, 5.41) is 16.5. The number of allylic oxidation sites excluding steroid dienone is 1. The summed E-state index contributed by atoms with van der Waals surface area (Å²) < 4.78 is 0. The normalized spacial score (nSPS) is 10.8. The summed E-state index contributed by atoms with van der Waals surface area (Å²) in [7, 11) is 0. The van der Waals surface area contributed by atoms with Gasteiger partial charge in [0.25, 0.3) is 0 Å². The van der Waals surface area contributed by atoms with Crippen molar-refractivity contribution in [3.63, 3.8) is 0 Å². The molecule has 0 amide bonds. The molecule has 0 aliphatic carbocycles. The fourth-order valence-electron chi connectivity index (χ4n) is 0.625. The molecular weight excluding hydrogens is 116 g/mol. The van der Waals surface area contributed by atoms with Gasteiger partial charge < -0.3 is 10.2 Å². The number of aliphatic hydroxyl groups excluding tert-OH is 2. The van der Waals surface area contributed by atoms with Gasteiger partial charge in [-0.3, -0.25) is 0 Å². The van der Waals surface area contributed by atoms with Crippen molar-refractivity contribution in [1.29, 1.82) is 0 Å². The summed E-state index contributed by atoms with van der Waals surface area (Å²) in [6, 6.07) is 0. The first kappa shape index (κ1) is 8.50. The number of hydrogen-bond acceptors (Lipinski definition) is 2. The Balaban J connectivity index is 2.75. The van der Waals surface area contributed by atoms with Crippen LogP contribution in [0, 0.1) is 0 Å². The third kappa shape index (κ3) is 7.50. The van der Waals surface area contributed by atoms with Gasteiger partial charge in [0.15, 0.2) is 0 Å². The first-order valence-electron chi connectivity index (χ1n) is 3.32. The van der Waals surface area contributed by atoms with Gasteiger partial charge in [-0.1, -0.05) is 12.5 Å². The summed E-state index contributed by atoms with van der Waals surface area (Å²) in [5.41, 5.74) is 0. The molecule has 0 saturated carbocycles.